The van der Waals surface area contributed by atoms with Gasteiger partial charge >= 0.3 is 24.4 Å². The van der Waals surface area contributed by atoms with Crippen LogP contribution in [0.2, 0.25) is 0 Å². The van der Waals surface area contributed by atoms with E-state index >= 15 is 0 Å². The fourth-order valence-electron chi connectivity index (χ4n) is 9.91. The number of carbonyl (C=O) groups excluding carboxylic acids is 7. The molecule has 2 fully saturated rings. The van der Waals surface area contributed by atoms with Crippen LogP contribution in [-0.4, -0.2) is 207 Å². The van der Waals surface area contributed by atoms with Crippen molar-refractivity contribution in [2.45, 2.75) is 191 Å². The summed E-state index contributed by atoms with van der Waals surface area (Å²) >= 11 is 0. The summed E-state index contributed by atoms with van der Waals surface area (Å²) in [6.07, 6.45) is -14.5. The van der Waals surface area contributed by atoms with E-state index in [0.717, 1.165) is 9.80 Å². The molecule has 0 unspecified atom stereocenters. The summed E-state index contributed by atoms with van der Waals surface area (Å²) in [4.78, 5) is 106. The number of aliphatic hydroxyl groups is 4. The zero-order chi connectivity index (χ0) is 63.6. The number of nitrogens with one attached hydrogen (secondary N) is 5. The van der Waals surface area contributed by atoms with Crippen LogP contribution in [0.3, 0.4) is 0 Å². The average molecular weight is 1220 g/mol. The van der Waals surface area contributed by atoms with E-state index in [4.69, 9.17) is 37.9 Å². The maximum absolute atomic E-state index is 14.0. The summed E-state index contributed by atoms with van der Waals surface area (Å²) in [5.74, 6) is -1.80. The number of likely N-dealkylation sites (N-methyl/N-ethyl adjacent to an activating group) is 1. The van der Waals surface area contributed by atoms with E-state index < -0.39 is 143 Å². The molecule has 0 aromatic heterocycles. The number of hydrogen-bond donors (Lipinski definition) is 9. The van der Waals surface area contributed by atoms with E-state index in [1.165, 1.54) is 38.2 Å². The lowest BCUT2D eigenvalue weighted by molar-refractivity contribution is -0.384. The molecule has 4 aliphatic rings. The third kappa shape index (κ3) is 18.9. The van der Waals surface area contributed by atoms with Crippen LogP contribution >= 0.6 is 0 Å². The van der Waals surface area contributed by atoms with Crippen molar-refractivity contribution in [2.75, 3.05) is 39.8 Å². The highest BCUT2D eigenvalue weighted by Crippen LogP contribution is 2.35. The Labute approximate surface area is 497 Å². The first kappa shape index (κ1) is 67.9. The molecule has 29 nitrogen and oxygen atoms in total. The smallest absolute Gasteiger partial charge is 0.410 e. The fraction of sp³-hybridized carbons (Fsp3) is 0.632. The third-order valence-electron chi connectivity index (χ3n) is 13.8. The van der Waals surface area contributed by atoms with Crippen LogP contribution in [0.5, 0.6) is 0 Å². The normalized spacial score (nSPS) is 26.2. The Bertz CT molecular complexity index is 2740. The minimum atomic E-state index is -1.97. The number of imide groups is 1. The number of hydrogen-bond acceptors (Lipinski definition) is 22. The van der Waals surface area contributed by atoms with E-state index in [1.807, 2.05) is 0 Å². The van der Waals surface area contributed by atoms with Gasteiger partial charge in [-0.05, 0) is 137 Å². The molecule has 3 aliphatic heterocycles. The number of amides is 7. The minimum absolute atomic E-state index is 0.0225. The molecule has 6 rings (SSSR count). The molecular formula is C57H82N8O21. The highest BCUT2D eigenvalue weighted by molar-refractivity contribution is 6.21. The standard InChI is InChI=1S/C57H82N8O21/c1-54(2,3)84-51(73)59-25-23-39(66)45(69)61-37-27-38(62-52(74)85-55(4,5)6)43(40(67)42(37)83-49-41(68)44(57(10,76)30-80-49)63(11)53(75)86-56(7,8)9)82-48-36(58-24-14-26-64-46(70)34-15-12-13-16-35(34)47(64)71)22-21-33(81-48)28-60-50(72)79-29-31-17-19-32(20-18-31)65(77)78/h12-13,15-21,36-44,48-49,58,66-68,76H,14,22-30H2,1-11H3,(H,59,73)(H,60,72)(H,61,69)(H,62,74)/t36-,37-,38+,39+,40-,41-,42+,43-,44-,48-,49-,57+/m1/s1. The second-order valence-electron chi connectivity index (χ2n) is 24.6. The van der Waals surface area contributed by atoms with Crippen molar-refractivity contribution in [3.63, 3.8) is 0 Å². The van der Waals surface area contributed by atoms with Crippen LogP contribution in [0.25, 0.3) is 0 Å². The Morgan fingerprint density at radius 1 is 0.791 bits per heavy atom. The largest absolute Gasteiger partial charge is 0.466 e. The summed E-state index contributed by atoms with van der Waals surface area (Å²) < 4.78 is 47.3. The average Bonchev–Trinajstić information content (AvgIpc) is 2.00. The van der Waals surface area contributed by atoms with Gasteiger partial charge in [0.25, 0.3) is 17.5 Å². The third-order valence-corrected chi connectivity index (χ3v) is 13.8. The number of non-ortho nitro benzene ring substituents is 1. The number of alkyl carbamates (subject to hydrolysis) is 3. The van der Waals surface area contributed by atoms with Crippen LogP contribution < -0.4 is 26.6 Å². The van der Waals surface area contributed by atoms with Crippen molar-refractivity contribution in [3.8, 4) is 0 Å². The van der Waals surface area contributed by atoms with Crippen molar-refractivity contribution in [2.24, 2.45) is 0 Å². The Morgan fingerprint density at radius 2 is 1.37 bits per heavy atom. The summed E-state index contributed by atoms with van der Waals surface area (Å²) in [7, 11) is 1.29. The molecule has 12 atom stereocenters. The Balaban J connectivity index is 1.30. The van der Waals surface area contributed by atoms with Gasteiger partial charge in [-0.3, -0.25) is 29.4 Å². The Morgan fingerprint density at radius 3 is 1.97 bits per heavy atom. The minimum Gasteiger partial charge on any atom is -0.466 e. The van der Waals surface area contributed by atoms with Gasteiger partial charge in [0.1, 0.15) is 65.3 Å². The molecular weight excluding hydrogens is 1130 g/mol. The Kier molecular flexibility index (Phi) is 22.5. The second-order valence-corrected chi connectivity index (χ2v) is 24.6. The molecule has 1 saturated heterocycles. The number of nitro groups is 1. The number of ether oxygens (including phenoxy) is 8. The zero-order valence-electron chi connectivity index (χ0n) is 50.2. The van der Waals surface area contributed by atoms with Gasteiger partial charge in [-0.25, -0.2) is 19.2 Å². The molecule has 9 N–H and O–H groups in total. The lowest BCUT2D eigenvalue weighted by Crippen LogP contribution is -2.70. The van der Waals surface area contributed by atoms with E-state index in [2.05, 4.69) is 26.6 Å². The molecule has 3 heterocycles. The van der Waals surface area contributed by atoms with Gasteiger partial charge in [-0.2, -0.15) is 0 Å². The number of carbonyl (C=O) groups is 7. The van der Waals surface area contributed by atoms with Crippen molar-refractivity contribution in [1.82, 2.24) is 36.4 Å². The number of aliphatic hydroxyl groups excluding tert-OH is 3. The summed E-state index contributed by atoms with van der Waals surface area (Å²) in [6, 6.07) is 6.79. The van der Waals surface area contributed by atoms with E-state index in [9.17, 15) is 64.1 Å². The van der Waals surface area contributed by atoms with Crippen LogP contribution in [0.1, 0.15) is 121 Å². The maximum atomic E-state index is 14.0. The number of nitrogens with zero attached hydrogens (tertiary/aromatic N) is 3. The number of fused-ring (bicyclic) bond motifs is 1. The van der Waals surface area contributed by atoms with Crippen molar-refractivity contribution in [1.29, 1.82) is 0 Å². The van der Waals surface area contributed by atoms with Gasteiger partial charge in [-0.15, -0.1) is 0 Å². The molecule has 0 radical (unpaired) electrons. The second kappa shape index (κ2) is 28.5. The lowest BCUT2D eigenvalue weighted by atomic mass is 9.82. The highest BCUT2D eigenvalue weighted by atomic mass is 16.7. The molecule has 2 aromatic carbocycles. The highest BCUT2D eigenvalue weighted by Gasteiger charge is 2.55. The lowest BCUT2D eigenvalue weighted by Gasteiger charge is -2.50. The predicted molar refractivity (Wildman–Crippen MR) is 302 cm³/mol. The van der Waals surface area contributed by atoms with E-state index in [-0.39, 0.29) is 81.0 Å². The van der Waals surface area contributed by atoms with Gasteiger partial charge in [0.2, 0.25) is 12.2 Å². The first-order valence-electron chi connectivity index (χ1n) is 28.2. The summed E-state index contributed by atoms with van der Waals surface area (Å²) in [5, 5.41) is 72.5. The quantitative estimate of drug-likeness (QED) is 0.0285. The van der Waals surface area contributed by atoms with E-state index in [1.54, 1.807) is 92.7 Å². The molecule has 86 heavy (non-hydrogen) atoms. The number of nitro benzene ring substituents is 1. The monoisotopic (exact) mass is 1210 g/mol. The first-order valence-corrected chi connectivity index (χ1v) is 28.2. The van der Waals surface area contributed by atoms with Crippen molar-refractivity contribution >= 4 is 47.8 Å². The molecule has 29 heteroatoms. The van der Waals surface area contributed by atoms with Gasteiger partial charge < -0.3 is 89.8 Å². The molecule has 1 aliphatic carbocycles. The molecule has 0 spiro atoms. The van der Waals surface area contributed by atoms with Crippen molar-refractivity contribution < 1.29 is 96.8 Å². The molecule has 0 bridgehead atoms. The molecule has 2 aromatic rings. The van der Waals surface area contributed by atoms with Crippen LogP contribution in [-0.2, 0) is 49.3 Å². The fourth-order valence-corrected chi connectivity index (χ4v) is 9.91. The summed E-state index contributed by atoms with van der Waals surface area (Å²) in [6.45, 7) is 14.8. The van der Waals surface area contributed by atoms with Gasteiger partial charge in [0.15, 0.2) is 6.29 Å². The first-order chi connectivity index (χ1) is 40.1. The SMILES string of the molecule is CN(C(=O)OC(C)(C)C)[C@@H]1[C@@H](O)[C@@H](O[C@@H]2[C@@H](O)[C@H](O[C@H]3OC(CNC(=O)OCc4ccc([N+](=O)[O-])cc4)=CC[C@H]3NCCCN3C(=O)c4ccccc4C3=O)[C@@H](NC(=O)OC(C)(C)C)C[C@H]2NC(=O)[C@@H](O)CCNC(=O)OC(C)(C)C)OC[C@]1(C)O. The number of benzene rings is 2. The topological polar surface area (TPSA) is 384 Å². The number of rotatable bonds is 21. The van der Waals surface area contributed by atoms with Crippen LogP contribution in [0, 0.1) is 10.1 Å². The molecule has 476 valence electrons. The van der Waals surface area contributed by atoms with E-state index in [0.29, 0.717) is 5.56 Å². The van der Waals surface area contributed by atoms with Gasteiger partial charge in [0, 0.05) is 32.3 Å². The van der Waals surface area contributed by atoms with Crippen LogP contribution in [0.15, 0.2) is 60.4 Å². The summed E-state index contributed by atoms with van der Waals surface area (Å²) in [5.41, 5.74) is -3.97. The van der Waals surface area contributed by atoms with Crippen molar-refractivity contribution in [3.05, 3.63) is 87.2 Å². The van der Waals surface area contributed by atoms with Crippen LogP contribution in [0.4, 0.5) is 24.9 Å². The maximum Gasteiger partial charge on any atom is 0.410 e. The molecule has 1 saturated carbocycles. The zero-order valence-corrected chi connectivity index (χ0v) is 50.2. The molecule has 7 amide bonds. The Hall–Kier alpha value is -7.25. The predicted octanol–water partition coefficient (Wildman–Crippen LogP) is 2.99. The van der Waals surface area contributed by atoms with Gasteiger partial charge in [-0.1, -0.05) is 12.1 Å². The van der Waals surface area contributed by atoms with Gasteiger partial charge in [0.05, 0.1) is 53.4 Å².